The number of rotatable bonds is 12. The number of amides is 3. The topological polar surface area (TPSA) is 120 Å². The lowest BCUT2D eigenvalue weighted by Gasteiger charge is -2.36. The van der Waals surface area contributed by atoms with Crippen molar-refractivity contribution in [2.75, 3.05) is 6.54 Å². The molecule has 0 saturated heterocycles. The van der Waals surface area contributed by atoms with Crippen molar-refractivity contribution >= 4 is 18.1 Å². The molecule has 41 heavy (non-hydrogen) atoms. The third kappa shape index (κ3) is 10.2. The average molecular weight is 562 g/mol. The van der Waals surface area contributed by atoms with Gasteiger partial charge in [-0.15, -0.1) is 0 Å². The molecule has 0 fully saturated rings. The number of alkyl carbamates (subject to hydrolysis) is 1. The van der Waals surface area contributed by atoms with Gasteiger partial charge in [0.25, 0.3) is 0 Å². The van der Waals surface area contributed by atoms with Crippen molar-refractivity contribution in [3.05, 3.63) is 96.1 Å². The Morgan fingerprint density at radius 1 is 0.878 bits per heavy atom. The van der Waals surface area contributed by atoms with Crippen LogP contribution in [0, 0.1) is 0 Å². The highest BCUT2D eigenvalue weighted by Gasteiger charge is 2.35. The first-order valence-electron chi connectivity index (χ1n) is 13.6. The second-order valence-corrected chi connectivity index (χ2v) is 10.6. The van der Waals surface area contributed by atoms with Crippen LogP contribution >= 0.6 is 0 Å². The van der Waals surface area contributed by atoms with Crippen molar-refractivity contribution in [2.24, 2.45) is 5.73 Å². The van der Waals surface area contributed by atoms with Crippen LogP contribution in [0.3, 0.4) is 0 Å². The Balaban J connectivity index is 1.67. The van der Waals surface area contributed by atoms with Gasteiger partial charge >= 0.3 is 12.2 Å². The van der Waals surface area contributed by atoms with Crippen LogP contribution < -0.4 is 15.8 Å². The molecule has 0 spiro atoms. The molecule has 0 bridgehead atoms. The highest BCUT2D eigenvalue weighted by atomic mass is 16.6. The summed E-state index contributed by atoms with van der Waals surface area (Å²) in [6, 6.07) is 24.5. The normalized spacial score (nSPS) is 12.5. The molecular weight excluding hydrogens is 522 g/mol. The smallest absolute Gasteiger partial charge is 0.411 e. The van der Waals surface area contributed by atoms with Crippen molar-refractivity contribution in [2.45, 2.75) is 64.8 Å². The molecule has 0 aliphatic heterocycles. The van der Waals surface area contributed by atoms with Gasteiger partial charge in [-0.3, -0.25) is 9.69 Å². The number of primary amides is 1. The summed E-state index contributed by atoms with van der Waals surface area (Å²) in [7, 11) is 0. The predicted molar refractivity (Wildman–Crippen MR) is 156 cm³/mol. The van der Waals surface area contributed by atoms with Gasteiger partial charge in [-0.25, -0.2) is 9.59 Å². The van der Waals surface area contributed by atoms with Crippen LogP contribution in [0.5, 0.6) is 11.5 Å². The predicted octanol–water partition coefficient (Wildman–Crippen LogP) is 6.34. The van der Waals surface area contributed by atoms with E-state index in [0.29, 0.717) is 17.9 Å². The van der Waals surface area contributed by atoms with Crippen molar-refractivity contribution < 1.29 is 28.6 Å². The molecule has 9 heteroatoms. The molecule has 0 aromatic heterocycles. The number of para-hydroxylation sites is 1. The van der Waals surface area contributed by atoms with E-state index < -0.39 is 35.8 Å². The first kappa shape index (κ1) is 31.0. The van der Waals surface area contributed by atoms with Crippen LogP contribution in [0.1, 0.15) is 57.7 Å². The number of nitrogens with zero attached hydrogens (tertiary/aromatic N) is 1. The third-order valence-corrected chi connectivity index (χ3v) is 6.16. The van der Waals surface area contributed by atoms with E-state index in [0.717, 1.165) is 11.1 Å². The fraction of sp³-hybridized carbons (Fsp3) is 0.344. The van der Waals surface area contributed by atoms with Crippen LogP contribution in [0.2, 0.25) is 0 Å². The molecule has 3 aromatic rings. The van der Waals surface area contributed by atoms with Crippen molar-refractivity contribution in [3.63, 3.8) is 0 Å². The van der Waals surface area contributed by atoms with Crippen LogP contribution in [0.25, 0.3) is 0 Å². The minimum Gasteiger partial charge on any atom is -0.457 e. The molecule has 3 rings (SSSR count). The van der Waals surface area contributed by atoms with E-state index in [1.165, 1.54) is 4.90 Å². The van der Waals surface area contributed by atoms with Gasteiger partial charge in [0.15, 0.2) is 0 Å². The monoisotopic (exact) mass is 561 g/mol. The molecule has 0 aliphatic carbocycles. The van der Waals surface area contributed by atoms with E-state index in [-0.39, 0.29) is 19.6 Å². The first-order chi connectivity index (χ1) is 19.5. The van der Waals surface area contributed by atoms with Gasteiger partial charge in [0.1, 0.15) is 29.7 Å². The Bertz CT molecular complexity index is 1260. The largest absolute Gasteiger partial charge is 0.457 e. The molecule has 0 heterocycles. The van der Waals surface area contributed by atoms with Gasteiger partial charge in [-0.05, 0) is 75.9 Å². The molecule has 0 unspecified atom stereocenters. The standard InChI is InChI=1S/C32H39N3O6/c1-23(25-17-19-27(20-18-25)40-26-14-9-6-10-15-26)35(31(38)41-32(2,3)4)28(29(33)36)16-11-21-34-30(37)39-22-24-12-7-5-8-13-24/h5-10,12-15,17-20,23,28H,11,16,21-22H2,1-4H3,(H2,33,36)(H,34,37)/t23-,28-/m1/s1. The maximum Gasteiger partial charge on any atom is 0.411 e. The number of benzene rings is 3. The summed E-state index contributed by atoms with van der Waals surface area (Å²) < 4.78 is 16.8. The van der Waals surface area contributed by atoms with Gasteiger partial charge in [0.05, 0.1) is 6.04 Å². The van der Waals surface area contributed by atoms with E-state index in [1.807, 2.05) is 79.7 Å². The number of nitrogens with one attached hydrogen (secondary N) is 1. The lowest BCUT2D eigenvalue weighted by Crippen LogP contribution is -2.50. The Kier molecular flexibility index (Phi) is 11.1. The molecule has 9 nitrogen and oxygen atoms in total. The Morgan fingerprint density at radius 2 is 1.46 bits per heavy atom. The van der Waals surface area contributed by atoms with Gasteiger partial charge < -0.3 is 25.3 Å². The van der Waals surface area contributed by atoms with Crippen molar-refractivity contribution in [3.8, 4) is 11.5 Å². The van der Waals surface area contributed by atoms with E-state index in [9.17, 15) is 14.4 Å². The van der Waals surface area contributed by atoms with E-state index in [4.69, 9.17) is 19.9 Å². The molecule has 0 saturated carbocycles. The van der Waals surface area contributed by atoms with E-state index in [1.54, 1.807) is 32.9 Å². The number of carbonyl (C=O) groups excluding carboxylic acids is 3. The van der Waals surface area contributed by atoms with Crippen LogP contribution in [0.4, 0.5) is 9.59 Å². The van der Waals surface area contributed by atoms with Gasteiger partial charge in [0, 0.05) is 6.54 Å². The van der Waals surface area contributed by atoms with Crippen LogP contribution in [-0.2, 0) is 20.9 Å². The number of ether oxygens (including phenoxy) is 3. The molecule has 3 amide bonds. The second kappa shape index (κ2) is 14.7. The van der Waals surface area contributed by atoms with Crippen molar-refractivity contribution in [1.29, 1.82) is 0 Å². The maximum absolute atomic E-state index is 13.4. The molecule has 3 N–H and O–H groups in total. The summed E-state index contributed by atoms with van der Waals surface area (Å²) in [5.41, 5.74) is 6.66. The fourth-order valence-electron chi connectivity index (χ4n) is 4.15. The zero-order chi connectivity index (χ0) is 29.8. The zero-order valence-corrected chi connectivity index (χ0v) is 24.0. The SMILES string of the molecule is C[C@H](c1ccc(Oc2ccccc2)cc1)N(C(=O)OC(C)(C)C)[C@H](CCCNC(=O)OCc1ccccc1)C(N)=O. The molecule has 218 valence electrons. The minimum atomic E-state index is -0.970. The van der Waals surface area contributed by atoms with E-state index >= 15 is 0 Å². The highest BCUT2D eigenvalue weighted by molar-refractivity contribution is 5.84. The molecule has 3 aromatic carbocycles. The number of hydrogen-bond acceptors (Lipinski definition) is 6. The summed E-state index contributed by atoms with van der Waals surface area (Å²) >= 11 is 0. The molecular formula is C32H39N3O6. The Hall–Kier alpha value is -4.53. The molecule has 0 radical (unpaired) electrons. The fourth-order valence-corrected chi connectivity index (χ4v) is 4.15. The third-order valence-electron chi connectivity index (χ3n) is 6.16. The summed E-state index contributed by atoms with van der Waals surface area (Å²) in [4.78, 5) is 39.5. The van der Waals surface area contributed by atoms with Crippen LogP contribution in [-0.4, -0.2) is 41.2 Å². The van der Waals surface area contributed by atoms with Gasteiger partial charge in [0.2, 0.25) is 5.91 Å². The summed E-state index contributed by atoms with van der Waals surface area (Å²) in [6.07, 6.45) is -0.634. The van der Waals surface area contributed by atoms with Gasteiger partial charge in [-0.2, -0.15) is 0 Å². The summed E-state index contributed by atoms with van der Waals surface area (Å²) in [5.74, 6) is 0.668. The minimum absolute atomic E-state index is 0.149. The summed E-state index contributed by atoms with van der Waals surface area (Å²) in [5, 5.41) is 2.68. The molecule has 0 aliphatic rings. The maximum atomic E-state index is 13.4. The quantitative estimate of drug-likeness (QED) is 0.249. The number of nitrogens with two attached hydrogens (primary N) is 1. The number of carbonyl (C=O) groups is 3. The molecule has 2 atom stereocenters. The average Bonchev–Trinajstić information content (AvgIpc) is 2.93. The van der Waals surface area contributed by atoms with Gasteiger partial charge in [-0.1, -0.05) is 60.7 Å². The Morgan fingerprint density at radius 3 is 2.05 bits per heavy atom. The Labute approximate surface area is 241 Å². The second-order valence-electron chi connectivity index (χ2n) is 10.6. The lowest BCUT2D eigenvalue weighted by atomic mass is 10.0. The summed E-state index contributed by atoms with van der Waals surface area (Å²) in [6.45, 7) is 7.47. The number of hydrogen-bond donors (Lipinski definition) is 2. The highest BCUT2D eigenvalue weighted by Crippen LogP contribution is 2.29. The zero-order valence-electron chi connectivity index (χ0n) is 24.0. The van der Waals surface area contributed by atoms with Crippen molar-refractivity contribution in [1.82, 2.24) is 10.2 Å². The lowest BCUT2D eigenvalue weighted by molar-refractivity contribution is -0.124. The van der Waals surface area contributed by atoms with Crippen LogP contribution in [0.15, 0.2) is 84.9 Å². The van der Waals surface area contributed by atoms with E-state index in [2.05, 4.69) is 5.32 Å². The first-order valence-corrected chi connectivity index (χ1v) is 13.6.